The van der Waals surface area contributed by atoms with E-state index in [1.54, 1.807) is 0 Å². The third-order valence-electron chi connectivity index (χ3n) is 4.98. The summed E-state index contributed by atoms with van der Waals surface area (Å²) in [7, 11) is -0.647. The van der Waals surface area contributed by atoms with E-state index < -0.39 is 16.4 Å². The number of hydrogen-bond donors (Lipinski definition) is 1. The van der Waals surface area contributed by atoms with Gasteiger partial charge in [0.1, 0.15) is 0 Å². The van der Waals surface area contributed by atoms with E-state index in [2.05, 4.69) is 6.58 Å². The van der Waals surface area contributed by atoms with Gasteiger partial charge >= 0.3 is 0 Å². The maximum Gasteiger partial charge on any atom is 0.0670 e. The fraction of sp³-hybridized carbons (Fsp3) is 0.882. The third kappa shape index (κ3) is 4.42. The minimum Gasteiger partial charge on any atom is -0.390 e. The molecule has 0 aromatic rings. The monoisotopic (exact) mass is 298 g/mol. The SMILES string of the molecule is C=CCCCCCCCCC1(O)CC2CCC(C1)S2=O. The van der Waals surface area contributed by atoms with Crippen molar-refractivity contribution in [2.24, 2.45) is 0 Å². The summed E-state index contributed by atoms with van der Waals surface area (Å²) in [4.78, 5) is 0. The lowest BCUT2D eigenvalue weighted by Gasteiger charge is -2.36. The van der Waals surface area contributed by atoms with Gasteiger partial charge in [-0.05, 0) is 44.9 Å². The van der Waals surface area contributed by atoms with Crippen molar-refractivity contribution in [2.45, 2.75) is 93.2 Å². The van der Waals surface area contributed by atoms with Gasteiger partial charge in [-0.1, -0.05) is 38.2 Å². The summed E-state index contributed by atoms with van der Waals surface area (Å²) in [5.74, 6) is 0. The van der Waals surface area contributed by atoms with Gasteiger partial charge in [0.25, 0.3) is 0 Å². The van der Waals surface area contributed by atoms with E-state index in [0.29, 0.717) is 0 Å². The molecule has 0 amide bonds. The molecule has 0 aromatic heterocycles. The zero-order valence-corrected chi connectivity index (χ0v) is 13.5. The molecular formula is C17H30O2S. The Balaban J connectivity index is 1.57. The molecular weight excluding hydrogens is 268 g/mol. The van der Waals surface area contributed by atoms with Gasteiger partial charge in [-0.3, -0.25) is 4.21 Å². The first-order valence-corrected chi connectivity index (χ1v) is 9.65. The average Bonchev–Trinajstić information content (AvgIpc) is 2.64. The summed E-state index contributed by atoms with van der Waals surface area (Å²) in [6, 6.07) is 0. The first-order valence-electron chi connectivity index (χ1n) is 8.37. The first kappa shape index (κ1) is 16.2. The normalized spacial score (nSPS) is 36.1. The van der Waals surface area contributed by atoms with Crippen LogP contribution < -0.4 is 0 Å². The van der Waals surface area contributed by atoms with E-state index in [1.807, 2.05) is 6.08 Å². The molecule has 116 valence electrons. The summed E-state index contributed by atoms with van der Waals surface area (Å²) in [6.07, 6.45) is 15.3. The standard InChI is InChI=1S/C17H30O2S/c1-2-3-4-5-6-7-8-9-12-17(18)13-15-10-11-16(14-17)20(15)19/h2,15-16,18H,1,3-14H2. The lowest BCUT2D eigenvalue weighted by Crippen LogP contribution is -2.42. The van der Waals surface area contributed by atoms with Gasteiger partial charge in [0.2, 0.25) is 0 Å². The van der Waals surface area contributed by atoms with Crippen LogP contribution in [0.1, 0.15) is 77.0 Å². The molecule has 2 nitrogen and oxygen atoms in total. The number of aliphatic hydroxyl groups is 1. The van der Waals surface area contributed by atoms with Crippen LogP contribution >= 0.6 is 0 Å². The van der Waals surface area contributed by atoms with E-state index >= 15 is 0 Å². The van der Waals surface area contributed by atoms with Gasteiger partial charge in [-0.15, -0.1) is 6.58 Å². The number of fused-ring (bicyclic) bond motifs is 2. The van der Waals surface area contributed by atoms with Crippen molar-refractivity contribution in [2.75, 3.05) is 0 Å². The second-order valence-electron chi connectivity index (χ2n) is 6.73. The zero-order chi connectivity index (χ0) is 14.4. The zero-order valence-electron chi connectivity index (χ0n) is 12.7. The fourth-order valence-electron chi connectivity index (χ4n) is 3.83. The lowest BCUT2D eigenvalue weighted by molar-refractivity contribution is 0.0119. The van der Waals surface area contributed by atoms with Crippen LogP contribution in [0.4, 0.5) is 0 Å². The molecule has 2 atom stereocenters. The highest BCUT2D eigenvalue weighted by atomic mass is 32.2. The summed E-state index contributed by atoms with van der Waals surface area (Å²) >= 11 is 0. The van der Waals surface area contributed by atoms with E-state index in [1.165, 1.54) is 32.1 Å². The lowest BCUT2D eigenvalue weighted by atomic mass is 9.87. The van der Waals surface area contributed by atoms with Crippen molar-refractivity contribution in [1.82, 2.24) is 0 Å². The molecule has 2 fully saturated rings. The largest absolute Gasteiger partial charge is 0.390 e. The molecule has 0 spiro atoms. The molecule has 2 bridgehead atoms. The van der Waals surface area contributed by atoms with Gasteiger partial charge in [-0.2, -0.15) is 0 Å². The molecule has 2 saturated heterocycles. The second-order valence-corrected chi connectivity index (χ2v) is 8.72. The van der Waals surface area contributed by atoms with E-state index in [9.17, 15) is 9.32 Å². The highest BCUT2D eigenvalue weighted by molar-refractivity contribution is 7.86. The molecule has 0 radical (unpaired) electrons. The number of allylic oxidation sites excluding steroid dienone is 1. The molecule has 2 aliphatic rings. The van der Waals surface area contributed by atoms with Gasteiger partial charge in [0.05, 0.1) is 5.60 Å². The smallest absolute Gasteiger partial charge is 0.0670 e. The fourth-order valence-corrected chi connectivity index (χ4v) is 6.06. The molecule has 0 aliphatic carbocycles. The predicted molar refractivity (Wildman–Crippen MR) is 86.3 cm³/mol. The predicted octanol–water partition coefficient (Wildman–Crippen LogP) is 4.10. The topological polar surface area (TPSA) is 37.3 Å². The summed E-state index contributed by atoms with van der Waals surface area (Å²) < 4.78 is 12.0. The van der Waals surface area contributed by atoms with Crippen LogP contribution in [0.25, 0.3) is 0 Å². The summed E-state index contributed by atoms with van der Waals surface area (Å²) in [6.45, 7) is 3.74. The molecule has 0 aromatic carbocycles. The number of rotatable bonds is 9. The Hall–Kier alpha value is -0.150. The van der Waals surface area contributed by atoms with Gasteiger partial charge in [-0.25, -0.2) is 0 Å². The Morgan fingerprint density at radius 1 is 1.05 bits per heavy atom. The van der Waals surface area contributed by atoms with Crippen LogP contribution in [0.15, 0.2) is 12.7 Å². The molecule has 2 aliphatic heterocycles. The van der Waals surface area contributed by atoms with E-state index in [4.69, 9.17) is 0 Å². The van der Waals surface area contributed by atoms with Crippen molar-refractivity contribution >= 4 is 10.8 Å². The Morgan fingerprint density at radius 3 is 2.20 bits per heavy atom. The van der Waals surface area contributed by atoms with Crippen LogP contribution in [0.3, 0.4) is 0 Å². The Kier molecular flexibility index (Phi) is 6.28. The van der Waals surface area contributed by atoms with Crippen molar-refractivity contribution in [3.05, 3.63) is 12.7 Å². The highest BCUT2D eigenvalue weighted by Gasteiger charge is 2.46. The third-order valence-corrected chi connectivity index (χ3v) is 7.10. The van der Waals surface area contributed by atoms with Gasteiger partial charge in [0, 0.05) is 21.3 Å². The summed E-state index contributed by atoms with van der Waals surface area (Å²) in [5, 5.41) is 11.3. The number of hydrogen-bond acceptors (Lipinski definition) is 2. The van der Waals surface area contributed by atoms with Gasteiger partial charge < -0.3 is 5.11 Å². The quantitative estimate of drug-likeness (QED) is 0.514. The maximum absolute atomic E-state index is 12.0. The minimum absolute atomic E-state index is 0.289. The Labute approximate surface area is 126 Å². The minimum atomic E-state index is -0.647. The maximum atomic E-state index is 12.0. The Bertz CT molecular complexity index is 324. The van der Waals surface area contributed by atoms with Crippen LogP contribution in [0, 0.1) is 0 Å². The average molecular weight is 298 g/mol. The molecule has 2 unspecified atom stereocenters. The van der Waals surface area contributed by atoms with Crippen LogP contribution in [0.5, 0.6) is 0 Å². The highest BCUT2D eigenvalue weighted by Crippen LogP contribution is 2.42. The summed E-state index contributed by atoms with van der Waals surface area (Å²) in [5.41, 5.74) is -0.497. The van der Waals surface area contributed by atoms with Crippen molar-refractivity contribution in [3.63, 3.8) is 0 Å². The van der Waals surface area contributed by atoms with Gasteiger partial charge in [0.15, 0.2) is 0 Å². The molecule has 2 rings (SSSR count). The molecule has 2 heterocycles. The van der Waals surface area contributed by atoms with E-state index in [-0.39, 0.29) is 10.5 Å². The van der Waals surface area contributed by atoms with Crippen LogP contribution in [-0.4, -0.2) is 25.4 Å². The second kappa shape index (κ2) is 7.74. The van der Waals surface area contributed by atoms with Crippen molar-refractivity contribution in [1.29, 1.82) is 0 Å². The van der Waals surface area contributed by atoms with Crippen molar-refractivity contribution in [3.8, 4) is 0 Å². The van der Waals surface area contributed by atoms with Crippen LogP contribution in [-0.2, 0) is 10.8 Å². The molecule has 20 heavy (non-hydrogen) atoms. The van der Waals surface area contributed by atoms with Crippen molar-refractivity contribution < 1.29 is 9.32 Å². The molecule has 1 N–H and O–H groups in total. The van der Waals surface area contributed by atoms with Crippen LogP contribution in [0.2, 0.25) is 0 Å². The molecule has 3 heteroatoms. The Morgan fingerprint density at radius 2 is 1.60 bits per heavy atom. The van der Waals surface area contributed by atoms with E-state index in [0.717, 1.165) is 44.9 Å². The number of unbranched alkanes of at least 4 members (excludes halogenated alkanes) is 6. The molecule has 0 saturated carbocycles. The first-order chi connectivity index (χ1) is 9.64.